The number of amides is 1. The van der Waals surface area contributed by atoms with Crippen molar-refractivity contribution in [3.8, 4) is 0 Å². The quantitative estimate of drug-likeness (QED) is 0.460. The molecule has 0 spiro atoms. The van der Waals surface area contributed by atoms with Gasteiger partial charge in [0.1, 0.15) is 0 Å². The van der Waals surface area contributed by atoms with Gasteiger partial charge in [-0.25, -0.2) is 0 Å². The van der Waals surface area contributed by atoms with Crippen molar-refractivity contribution in [3.63, 3.8) is 0 Å². The van der Waals surface area contributed by atoms with Crippen LogP contribution >= 0.6 is 0 Å². The Hall–Kier alpha value is -0.132. The predicted octanol–water partition coefficient (Wildman–Crippen LogP) is -0.769. The average Bonchev–Trinajstić information content (AvgIpc) is 1.62. The van der Waals surface area contributed by atoms with Crippen molar-refractivity contribution in [1.29, 1.82) is 0 Å². The van der Waals surface area contributed by atoms with Gasteiger partial charge in [0.05, 0.1) is 0 Å². The molecule has 8 heteroatoms. The third kappa shape index (κ3) is 2.78. The number of rotatable bonds is 1. The summed E-state index contributed by atoms with van der Waals surface area (Å²) in [5.74, 6) is 0. The van der Waals surface area contributed by atoms with Crippen LogP contribution in [0.3, 0.4) is 0 Å². The summed E-state index contributed by atoms with van der Waals surface area (Å²) in [5.41, 5.74) is 0. The van der Waals surface area contributed by atoms with E-state index in [0.717, 1.165) is 0 Å². The maximum absolute atomic E-state index is 9.88. The fraction of sp³-hybridized carbons (Fsp3) is 0. The summed E-state index contributed by atoms with van der Waals surface area (Å²) in [6, 6.07) is 0. The Morgan fingerprint density at radius 2 is 1.89 bits per heavy atom. The van der Waals surface area contributed by atoms with Crippen LogP contribution in [0.2, 0.25) is 0 Å². The molecule has 0 aliphatic rings. The zero-order valence-electron chi connectivity index (χ0n) is 3.88. The summed E-state index contributed by atoms with van der Waals surface area (Å²) >= 11 is 0.649. The van der Waals surface area contributed by atoms with Gasteiger partial charge in [0.2, 0.25) is 0 Å². The van der Waals surface area contributed by atoms with Crippen molar-refractivity contribution < 1.29 is 42.9 Å². The molecule has 0 saturated carbocycles. The molecule has 6 nitrogen and oxygen atoms in total. The average molecular weight is 236 g/mol. The summed E-state index contributed by atoms with van der Waals surface area (Å²) in [4.78, 5) is 9.74. The molecule has 0 aromatic heterocycles. The van der Waals surface area contributed by atoms with E-state index in [1.54, 1.807) is 0 Å². The van der Waals surface area contributed by atoms with E-state index in [1.165, 1.54) is 0 Å². The Morgan fingerprint density at radius 1 is 1.56 bits per heavy atom. The molecule has 0 radical (unpaired) electrons. The maximum atomic E-state index is 9.88. The molecule has 0 rings (SSSR count). The summed E-state index contributed by atoms with van der Waals surface area (Å²) in [6.45, 7) is 0. The van der Waals surface area contributed by atoms with Gasteiger partial charge in [0, 0.05) is 0 Å². The third-order valence-corrected chi connectivity index (χ3v) is 2.71. The number of hydrogen-bond donors (Lipinski definition) is 2. The van der Waals surface area contributed by atoms with E-state index < -0.39 is 16.4 Å². The van der Waals surface area contributed by atoms with E-state index in [9.17, 15) is 13.2 Å². The van der Waals surface area contributed by atoms with Crippen molar-refractivity contribution in [2.24, 2.45) is 0 Å². The van der Waals surface area contributed by atoms with E-state index in [2.05, 4.69) is 0 Å². The fourth-order valence-corrected chi connectivity index (χ4v) is 0.296. The molecule has 1 amide bonds. The Morgan fingerprint density at radius 3 is 1.89 bits per heavy atom. The van der Waals surface area contributed by atoms with E-state index >= 15 is 0 Å². The first-order valence-electron chi connectivity index (χ1n) is 1.53. The van der Waals surface area contributed by atoms with Crippen LogP contribution in [0.25, 0.3) is 0 Å². The van der Waals surface area contributed by atoms with Crippen LogP contribution in [0.4, 0.5) is 4.79 Å². The number of nitrogens with zero attached hydrogens (tertiary/aromatic N) is 1. The molecule has 2 N–H and O–H groups in total. The zero-order valence-corrected chi connectivity index (χ0v) is 6.71. The standard InChI is InChI=1S/CH2NO5S.Mo/c3-1(4)2-8(5,6)7;/h(H,3,4)(H,5,6,7);/q-1;+1. The van der Waals surface area contributed by atoms with E-state index in [1.807, 2.05) is 0 Å². The van der Waals surface area contributed by atoms with Crippen LogP contribution in [0.15, 0.2) is 0 Å². The summed E-state index contributed by atoms with van der Waals surface area (Å²) < 4.78 is 27.5. The summed E-state index contributed by atoms with van der Waals surface area (Å²) in [6.07, 6.45) is -1.72. The van der Waals surface area contributed by atoms with Crippen LogP contribution in [-0.2, 0) is 30.4 Å². The Kier molecular flexibility index (Phi) is 2.60. The predicted molar refractivity (Wildman–Crippen MR) is 21.4 cm³/mol. The molecule has 0 fully saturated rings. The molecular weight excluding hydrogens is 234 g/mol. The summed E-state index contributed by atoms with van der Waals surface area (Å²) in [5, 5.41) is 7.91. The topological polar surface area (TPSA) is 94.9 Å². The second kappa shape index (κ2) is 2.64. The van der Waals surface area contributed by atoms with Crippen LogP contribution in [0.5, 0.6) is 0 Å². The Balaban J connectivity index is 4.43. The van der Waals surface area contributed by atoms with Gasteiger partial charge < -0.3 is 0 Å². The van der Waals surface area contributed by atoms with Crippen molar-refractivity contribution in [3.05, 3.63) is 0 Å². The van der Waals surface area contributed by atoms with Gasteiger partial charge in [0.25, 0.3) is 0 Å². The van der Waals surface area contributed by atoms with Crippen molar-refractivity contribution in [2.75, 3.05) is 0 Å². The van der Waals surface area contributed by atoms with Gasteiger partial charge >= 0.3 is 62.2 Å². The van der Waals surface area contributed by atoms with Gasteiger partial charge in [-0.2, -0.15) is 0 Å². The molecule has 0 bridgehead atoms. The minimum atomic E-state index is -4.56. The molecule has 0 unspecified atom stereocenters. The molecule has 0 heterocycles. The fourth-order valence-electron chi connectivity index (χ4n) is 0.0987. The molecule has 9 heavy (non-hydrogen) atoms. The molecule has 0 aromatic rings. The number of hydrogen-bond acceptors (Lipinski definition) is 3. The second-order valence-electron chi connectivity index (χ2n) is 0.988. The Labute approximate surface area is 62.5 Å². The van der Waals surface area contributed by atoms with Gasteiger partial charge in [-0.1, -0.05) is 0 Å². The van der Waals surface area contributed by atoms with Gasteiger partial charge in [-0.3, -0.25) is 0 Å². The number of carboxylic acid groups (broad SMARTS) is 1. The van der Waals surface area contributed by atoms with Crippen LogP contribution in [0, 0.1) is 0 Å². The molecule has 53 valence electrons. The first kappa shape index (κ1) is 8.87. The van der Waals surface area contributed by atoms with Crippen molar-refractivity contribution in [1.82, 2.24) is 2.86 Å². The van der Waals surface area contributed by atoms with E-state index in [0.29, 0.717) is 20.1 Å². The number of carbonyl (C=O) groups is 1. The Bertz CT molecular complexity index is 207. The molecule has 0 saturated heterocycles. The van der Waals surface area contributed by atoms with Crippen molar-refractivity contribution in [2.45, 2.75) is 0 Å². The monoisotopic (exact) mass is 238 g/mol. The summed E-state index contributed by atoms with van der Waals surface area (Å²) in [7, 11) is -4.56. The molecule has 0 atom stereocenters. The van der Waals surface area contributed by atoms with Crippen LogP contribution in [-0.4, -0.2) is 27.0 Å². The van der Waals surface area contributed by atoms with Crippen LogP contribution < -0.4 is 0 Å². The molecule has 0 aromatic carbocycles. The third-order valence-electron chi connectivity index (χ3n) is 0.366. The van der Waals surface area contributed by atoms with E-state index in [-0.39, 0.29) is 2.86 Å². The van der Waals surface area contributed by atoms with Crippen molar-refractivity contribution >= 4 is 16.4 Å². The molecule has 0 aliphatic carbocycles. The second-order valence-corrected chi connectivity index (χ2v) is 3.76. The molecule has 0 aliphatic heterocycles. The van der Waals surface area contributed by atoms with Gasteiger partial charge in [0.15, 0.2) is 0 Å². The first-order chi connectivity index (χ1) is 3.85. The normalized spacial score (nSPS) is 10.8. The first-order valence-corrected chi connectivity index (χ1v) is 3.83. The van der Waals surface area contributed by atoms with Gasteiger partial charge in [-0.05, 0) is 0 Å². The van der Waals surface area contributed by atoms with Crippen LogP contribution in [0.1, 0.15) is 0 Å². The van der Waals surface area contributed by atoms with E-state index in [4.69, 9.17) is 9.66 Å². The minimum absolute atomic E-state index is 0.191. The van der Waals surface area contributed by atoms with Gasteiger partial charge in [-0.15, -0.1) is 0 Å². The zero-order chi connectivity index (χ0) is 7.65. The SMILES string of the molecule is O=C(O)[N]([Mo])S(=O)(=O)O. The molecular formula is CH2MoNO5S.